The van der Waals surface area contributed by atoms with E-state index in [1.807, 2.05) is 10.8 Å². The summed E-state index contributed by atoms with van der Waals surface area (Å²) < 4.78 is 5.87. The molecule has 6 heteroatoms. The van der Waals surface area contributed by atoms with Gasteiger partial charge in [-0.2, -0.15) is 0 Å². The first kappa shape index (κ1) is 18.2. The van der Waals surface area contributed by atoms with E-state index in [2.05, 4.69) is 12.2 Å². The van der Waals surface area contributed by atoms with Crippen LogP contribution in [0.1, 0.15) is 46.5 Å². The van der Waals surface area contributed by atoms with Crippen LogP contribution < -0.4 is 5.32 Å². The van der Waals surface area contributed by atoms with Crippen molar-refractivity contribution in [3.63, 3.8) is 0 Å². The van der Waals surface area contributed by atoms with Crippen molar-refractivity contribution in [3.05, 3.63) is 20.6 Å². The lowest BCUT2D eigenvalue weighted by molar-refractivity contribution is -0.144. The first-order chi connectivity index (χ1) is 10.1. The maximum absolute atomic E-state index is 12.3. The zero-order chi connectivity index (χ0) is 15.7. The normalized spacial score (nSPS) is 13.6. The van der Waals surface area contributed by atoms with Crippen molar-refractivity contribution in [3.8, 4) is 0 Å². The topological polar surface area (TPSA) is 55.4 Å². The van der Waals surface area contributed by atoms with Gasteiger partial charge in [0.05, 0.1) is 10.3 Å². The van der Waals surface area contributed by atoms with Crippen LogP contribution in [0.5, 0.6) is 0 Å². The molecule has 1 amide bonds. The molecule has 0 saturated carbocycles. The molecule has 1 aliphatic heterocycles. The van der Waals surface area contributed by atoms with Crippen LogP contribution in [0, 0.1) is 0 Å². The van der Waals surface area contributed by atoms with Gasteiger partial charge in [-0.1, -0.05) is 49.7 Å². The number of hydrogen-bond acceptors (Lipinski definition) is 5. The number of carbonyl (C=O) groups is 2. The summed E-state index contributed by atoms with van der Waals surface area (Å²) in [4.78, 5) is 24.4. The van der Waals surface area contributed by atoms with Crippen LogP contribution in [0.2, 0.25) is 0 Å². The molecule has 21 heavy (non-hydrogen) atoms. The van der Waals surface area contributed by atoms with E-state index >= 15 is 0 Å². The second-order valence-electron chi connectivity index (χ2n) is 4.94. The van der Waals surface area contributed by atoms with E-state index in [9.17, 15) is 9.59 Å². The monoisotopic (exact) mass is 329 g/mol. The Labute approximate surface area is 135 Å². The van der Waals surface area contributed by atoms with Gasteiger partial charge >= 0.3 is 5.97 Å². The Morgan fingerprint density at radius 2 is 1.86 bits per heavy atom. The lowest BCUT2D eigenvalue weighted by Crippen LogP contribution is -2.31. The van der Waals surface area contributed by atoms with Crippen LogP contribution >= 0.6 is 23.5 Å². The number of unbranched alkanes of at least 4 members (excludes halogenated alkanes) is 3. The molecule has 0 unspecified atom stereocenters. The number of carbonyl (C=O) groups excluding carboxylic acids is 2. The van der Waals surface area contributed by atoms with Crippen LogP contribution in [-0.4, -0.2) is 24.5 Å². The minimum atomic E-state index is -0.547. The van der Waals surface area contributed by atoms with Gasteiger partial charge in [-0.15, -0.1) is 0 Å². The molecule has 1 rings (SSSR count). The van der Waals surface area contributed by atoms with Gasteiger partial charge in [0.2, 0.25) is 0 Å². The predicted molar refractivity (Wildman–Crippen MR) is 89.7 cm³/mol. The molecular weight excluding hydrogens is 306 g/mol. The Morgan fingerprint density at radius 1 is 1.19 bits per heavy atom. The maximum Gasteiger partial charge on any atom is 0.345 e. The zero-order valence-corrected chi connectivity index (χ0v) is 14.4. The highest BCUT2D eigenvalue weighted by Crippen LogP contribution is 2.40. The Hall–Kier alpha value is -0.880. The fourth-order valence-corrected chi connectivity index (χ4v) is 3.54. The molecule has 0 radical (unpaired) electrons. The summed E-state index contributed by atoms with van der Waals surface area (Å²) >= 11 is 2.76. The van der Waals surface area contributed by atoms with Crippen molar-refractivity contribution in [2.75, 3.05) is 6.54 Å². The molecule has 0 bridgehead atoms. The van der Waals surface area contributed by atoms with Crippen LogP contribution in [0.15, 0.2) is 20.6 Å². The van der Waals surface area contributed by atoms with E-state index in [-0.39, 0.29) is 17.6 Å². The molecule has 1 heterocycles. The van der Waals surface area contributed by atoms with Crippen LogP contribution in [0.25, 0.3) is 0 Å². The molecular formula is C15H23NO3S2. The molecule has 0 aliphatic carbocycles. The number of amides is 1. The highest BCUT2D eigenvalue weighted by atomic mass is 32.2. The summed E-state index contributed by atoms with van der Waals surface area (Å²) in [6.07, 6.45) is 4.09. The van der Waals surface area contributed by atoms with Crippen molar-refractivity contribution in [2.45, 2.75) is 52.6 Å². The van der Waals surface area contributed by atoms with Gasteiger partial charge in [0.25, 0.3) is 5.91 Å². The molecule has 0 aromatic carbocycles. The van der Waals surface area contributed by atoms with Gasteiger partial charge in [0, 0.05) is 6.54 Å². The summed E-state index contributed by atoms with van der Waals surface area (Å²) in [6, 6.07) is 0. The second-order valence-corrected chi connectivity index (χ2v) is 7.03. The highest BCUT2D eigenvalue weighted by molar-refractivity contribution is 8.27. The van der Waals surface area contributed by atoms with Gasteiger partial charge < -0.3 is 10.1 Å². The predicted octanol–water partition coefficient (Wildman–Crippen LogP) is 3.80. The Morgan fingerprint density at radius 3 is 2.43 bits per heavy atom. The molecule has 118 valence electrons. The van der Waals surface area contributed by atoms with Crippen molar-refractivity contribution in [1.82, 2.24) is 5.32 Å². The third-order valence-corrected chi connectivity index (χ3v) is 4.83. The van der Waals surface area contributed by atoms with Crippen LogP contribution in [0.3, 0.4) is 0 Å². The first-order valence-electron chi connectivity index (χ1n) is 7.28. The Kier molecular flexibility index (Phi) is 8.61. The minimum Gasteiger partial charge on any atom is -0.459 e. The highest BCUT2D eigenvalue weighted by Gasteiger charge is 2.26. The van der Waals surface area contributed by atoms with E-state index < -0.39 is 5.97 Å². The van der Waals surface area contributed by atoms with Crippen LogP contribution in [-0.2, 0) is 14.3 Å². The van der Waals surface area contributed by atoms with Gasteiger partial charge in [0.1, 0.15) is 5.57 Å². The number of rotatable bonds is 8. The van der Waals surface area contributed by atoms with Crippen molar-refractivity contribution >= 4 is 35.4 Å². The number of nitrogens with one attached hydrogen (secondary N) is 1. The molecule has 1 aliphatic rings. The lowest BCUT2D eigenvalue weighted by atomic mass is 10.2. The van der Waals surface area contributed by atoms with Gasteiger partial charge in [0.15, 0.2) is 0 Å². The molecule has 0 aromatic rings. The zero-order valence-electron chi connectivity index (χ0n) is 12.8. The summed E-state index contributed by atoms with van der Waals surface area (Å²) in [5.74, 6) is -0.884. The number of esters is 1. The van der Waals surface area contributed by atoms with Crippen LogP contribution in [0.4, 0.5) is 0 Å². The average molecular weight is 329 g/mol. The minimum absolute atomic E-state index is 0.124. The number of hydrogen-bond donors (Lipinski definition) is 1. The van der Waals surface area contributed by atoms with E-state index in [0.29, 0.717) is 10.8 Å². The van der Waals surface area contributed by atoms with E-state index in [4.69, 9.17) is 4.74 Å². The Balaban J connectivity index is 2.62. The first-order valence-corrected chi connectivity index (χ1v) is 9.04. The molecule has 0 atom stereocenters. The van der Waals surface area contributed by atoms with Crippen molar-refractivity contribution in [2.24, 2.45) is 0 Å². The third kappa shape index (κ3) is 6.61. The van der Waals surface area contributed by atoms with Crippen molar-refractivity contribution in [1.29, 1.82) is 0 Å². The molecule has 0 spiro atoms. The Bertz CT molecular complexity index is 421. The maximum atomic E-state index is 12.3. The second kappa shape index (κ2) is 9.95. The van der Waals surface area contributed by atoms with Gasteiger partial charge in [-0.25, -0.2) is 4.79 Å². The lowest BCUT2D eigenvalue weighted by Gasteiger charge is -2.13. The fourth-order valence-electron chi connectivity index (χ4n) is 1.71. The third-order valence-electron chi connectivity index (χ3n) is 2.70. The molecule has 1 N–H and O–H groups in total. The summed E-state index contributed by atoms with van der Waals surface area (Å²) in [5.41, 5.74) is 0.124. The van der Waals surface area contributed by atoms with Crippen molar-refractivity contribution < 1.29 is 14.3 Å². The summed E-state index contributed by atoms with van der Waals surface area (Å²) in [7, 11) is 0. The molecule has 0 fully saturated rings. The number of thioether (sulfide) groups is 2. The number of ether oxygens (including phenoxy) is 1. The fraction of sp³-hybridized carbons (Fsp3) is 0.600. The largest absolute Gasteiger partial charge is 0.459 e. The molecule has 0 saturated heterocycles. The summed E-state index contributed by atoms with van der Waals surface area (Å²) in [6.45, 7) is 6.28. The standard InChI is InChI=1S/C15H23NO3S2/c1-4-5-6-7-8-16-13(17)12(14(18)19-11(2)3)15-20-9-10-21-15/h9-11H,4-8H2,1-3H3,(H,16,17). The van der Waals surface area contributed by atoms with E-state index in [1.54, 1.807) is 13.8 Å². The van der Waals surface area contributed by atoms with E-state index in [0.717, 1.165) is 25.7 Å². The quantitative estimate of drug-likeness (QED) is 0.241. The molecule has 0 aromatic heterocycles. The smallest absolute Gasteiger partial charge is 0.345 e. The SMILES string of the molecule is CCCCCCNC(=O)C(C(=O)OC(C)C)=C1SC=CS1. The van der Waals surface area contributed by atoms with Gasteiger partial charge in [-0.05, 0) is 31.1 Å². The molecule has 4 nitrogen and oxygen atoms in total. The summed E-state index contributed by atoms with van der Waals surface area (Å²) in [5, 5.41) is 6.54. The van der Waals surface area contributed by atoms with Gasteiger partial charge in [-0.3, -0.25) is 4.79 Å². The average Bonchev–Trinajstić information content (AvgIpc) is 2.91. The van der Waals surface area contributed by atoms with E-state index in [1.165, 1.54) is 23.5 Å².